The molecular formula is C19H23F3N4. The van der Waals surface area contributed by atoms with Crippen LogP contribution in [0.2, 0.25) is 0 Å². The molecule has 0 saturated heterocycles. The number of hydrogen-bond acceptors (Lipinski definition) is 2. The summed E-state index contributed by atoms with van der Waals surface area (Å²) in [4.78, 5) is 6.16. The van der Waals surface area contributed by atoms with Crippen molar-refractivity contribution in [3.8, 4) is 0 Å². The molecule has 7 heteroatoms. The highest BCUT2D eigenvalue weighted by molar-refractivity contribution is 5.79. The lowest BCUT2D eigenvalue weighted by molar-refractivity contribution is -0.137. The molecule has 140 valence electrons. The number of hydrogen-bond donors (Lipinski definition) is 2. The van der Waals surface area contributed by atoms with Crippen LogP contribution in [0, 0.1) is 0 Å². The van der Waals surface area contributed by atoms with Gasteiger partial charge in [0.2, 0.25) is 0 Å². The maximum absolute atomic E-state index is 12.6. The minimum atomic E-state index is -4.31. The number of halogens is 3. The molecule has 4 nitrogen and oxygen atoms in total. The number of aliphatic imine (C=N–C) groups is 1. The van der Waals surface area contributed by atoms with Gasteiger partial charge in [0.05, 0.1) is 5.56 Å². The van der Waals surface area contributed by atoms with Crippen LogP contribution in [0.4, 0.5) is 18.9 Å². The fourth-order valence-corrected chi connectivity index (χ4v) is 2.32. The van der Waals surface area contributed by atoms with Crippen molar-refractivity contribution in [1.82, 2.24) is 10.6 Å². The van der Waals surface area contributed by atoms with Gasteiger partial charge in [0.15, 0.2) is 5.96 Å². The first kappa shape index (κ1) is 19.6. The van der Waals surface area contributed by atoms with E-state index in [0.717, 1.165) is 28.9 Å². The minimum Gasteiger partial charge on any atom is -0.378 e. The molecule has 26 heavy (non-hydrogen) atoms. The van der Waals surface area contributed by atoms with E-state index in [9.17, 15) is 13.2 Å². The van der Waals surface area contributed by atoms with E-state index in [-0.39, 0.29) is 0 Å². The smallest absolute Gasteiger partial charge is 0.378 e. The van der Waals surface area contributed by atoms with E-state index in [2.05, 4.69) is 15.6 Å². The zero-order valence-electron chi connectivity index (χ0n) is 15.1. The van der Waals surface area contributed by atoms with E-state index in [1.807, 2.05) is 43.3 Å². The third-order valence-corrected chi connectivity index (χ3v) is 3.88. The monoisotopic (exact) mass is 364 g/mol. The molecule has 2 N–H and O–H groups in total. The molecule has 0 unspecified atom stereocenters. The Morgan fingerprint density at radius 2 is 1.35 bits per heavy atom. The van der Waals surface area contributed by atoms with Crippen molar-refractivity contribution in [2.45, 2.75) is 19.3 Å². The van der Waals surface area contributed by atoms with E-state index in [1.165, 1.54) is 12.1 Å². The van der Waals surface area contributed by atoms with Crippen LogP contribution in [0.3, 0.4) is 0 Å². The average Bonchev–Trinajstić information content (AvgIpc) is 2.62. The van der Waals surface area contributed by atoms with Crippen molar-refractivity contribution in [3.63, 3.8) is 0 Å². The number of nitrogens with one attached hydrogen (secondary N) is 2. The molecule has 0 aliphatic rings. The zero-order chi connectivity index (χ0) is 19.2. The lowest BCUT2D eigenvalue weighted by Gasteiger charge is -2.14. The Bertz CT molecular complexity index is 720. The molecule has 2 aromatic carbocycles. The molecule has 0 saturated carbocycles. The van der Waals surface area contributed by atoms with Gasteiger partial charge in [-0.2, -0.15) is 13.2 Å². The third kappa shape index (κ3) is 5.68. The third-order valence-electron chi connectivity index (χ3n) is 3.88. The second-order valence-corrected chi connectivity index (χ2v) is 6.03. The van der Waals surface area contributed by atoms with Crippen LogP contribution in [0.1, 0.15) is 16.7 Å². The van der Waals surface area contributed by atoms with Gasteiger partial charge in [0.25, 0.3) is 0 Å². The molecule has 0 heterocycles. The van der Waals surface area contributed by atoms with E-state index < -0.39 is 11.7 Å². The fraction of sp³-hybridized carbons (Fsp3) is 0.316. The van der Waals surface area contributed by atoms with Crippen LogP contribution in [-0.2, 0) is 19.3 Å². The second-order valence-electron chi connectivity index (χ2n) is 6.03. The SMILES string of the molecule is CN=C(NCc1ccc(N(C)C)cc1)NCc1ccc(C(F)(F)F)cc1. The molecule has 0 aromatic heterocycles. The number of anilines is 1. The Balaban J connectivity index is 1.86. The quantitative estimate of drug-likeness (QED) is 0.629. The van der Waals surface area contributed by atoms with Gasteiger partial charge in [-0.15, -0.1) is 0 Å². The Kier molecular flexibility index (Phi) is 6.49. The molecule has 2 rings (SSSR count). The second kappa shape index (κ2) is 8.60. The summed E-state index contributed by atoms with van der Waals surface area (Å²) in [5.41, 5.74) is 2.33. The van der Waals surface area contributed by atoms with Crippen molar-refractivity contribution < 1.29 is 13.2 Å². The van der Waals surface area contributed by atoms with Crippen molar-refractivity contribution in [1.29, 1.82) is 0 Å². The maximum atomic E-state index is 12.6. The Hall–Kier alpha value is -2.70. The summed E-state index contributed by atoms with van der Waals surface area (Å²) in [6.07, 6.45) is -4.31. The number of benzene rings is 2. The van der Waals surface area contributed by atoms with E-state index in [1.54, 1.807) is 7.05 Å². The summed E-state index contributed by atoms with van der Waals surface area (Å²) in [6.45, 7) is 0.984. The molecule has 0 aliphatic carbocycles. The lowest BCUT2D eigenvalue weighted by Crippen LogP contribution is -2.36. The van der Waals surface area contributed by atoms with Gasteiger partial charge in [0, 0.05) is 39.9 Å². The molecular weight excluding hydrogens is 341 g/mol. The highest BCUT2D eigenvalue weighted by atomic mass is 19.4. The van der Waals surface area contributed by atoms with Gasteiger partial charge in [-0.3, -0.25) is 4.99 Å². The van der Waals surface area contributed by atoms with Gasteiger partial charge >= 0.3 is 6.18 Å². The van der Waals surface area contributed by atoms with Gasteiger partial charge in [0.1, 0.15) is 0 Å². The highest BCUT2D eigenvalue weighted by Crippen LogP contribution is 2.29. The number of alkyl halides is 3. The van der Waals surface area contributed by atoms with Gasteiger partial charge < -0.3 is 15.5 Å². The predicted molar refractivity (Wildman–Crippen MR) is 99.3 cm³/mol. The minimum absolute atomic E-state index is 0.386. The molecule has 0 amide bonds. The van der Waals surface area contributed by atoms with Gasteiger partial charge in [-0.1, -0.05) is 24.3 Å². The number of guanidine groups is 1. The van der Waals surface area contributed by atoms with Crippen LogP contribution in [0.25, 0.3) is 0 Å². The van der Waals surface area contributed by atoms with E-state index in [0.29, 0.717) is 19.0 Å². The first-order valence-electron chi connectivity index (χ1n) is 8.16. The standard InChI is InChI=1S/C19H23F3N4/c1-23-18(25-13-15-6-10-17(11-7-15)26(2)3)24-12-14-4-8-16(9-5-14)19(20,21)22/h4-11H,12-13H2,1-3H3,(H2,23,24,25). The summed E-state index contributed by atoms with van der Waals surface area (Å²) in [5.74, 6) is 0.585. The Morgan fingerprint density at radius 1 is 0.885 bits per heavy atom. The summed E-state index contributed by atoms with van der Waals surface area (Å²) >= 11 is 0. The van der Waals surface area contributed by atoms with Crippen LogP contribution < -0.4 is 15.5 Å². The molecule has 2 aromatic rings. The first-order valence-corrected chi connectivity index (χ1v) is 8.16. The maximum Gasteiger partial charge on any atom is 0.416 e. The topological polar surface area (TPSA) is 39.7 Å². The normalized spacial score (nSPS) is 12.0. The van der Waals surface area contributed by atoms with Crippen LogP contribution >= 0.6 is 0 Å². The highest BCUT2D eigenvalue weighted by Gasteiger charge is 2.29. The molecule has 0 bridgehead atoms. The number of rotatable bonds is 5. The zero-order valence-corrected chi connectivity index (χ0v) is 15.1. The molecule has 0 spiro atoms. The van der Waals surface area contributed by atoms with Crippen LogP contribution in [0.5, 0.6) is 0 Å². The fourth-order valence-electron chi connectivity index (χ4n) is 2.32. The van der Waals surface area contributed by atoms with Crippen LogP contribution in [0.15, 0.2) is 53.5 Å². The average molecular weight is 364 g/mol. The van der Waals surface area contributed by atoms with Crippen LogP contribution in [-0.4, -0.2) is 27.1 Å². The largest absolute Gasteiger partial charge is 0.416 e. The van der Waals surface area contributed by atoms with Crippen molar-refractivity contribution in [2.75, 3.05) is 26.0 Å². The molecule has 0 radical (unpaired) electrons. The van der Waals surface area contributed by atoms with Gasteiger partial charge in [-0.05, 0) is 35.4 Å². The summed E-state index contributed by atoms with van der Waals surface area (Å²) in [5, 5.41) is 6.28. The first-order chi connectivity index (χ1) is 12.3. The molecule has 0 fully saturated rings. The van der Waals surface area contributed by atoms with Crippen molar-refractivity contribution in [3.05, 3.63) is 65.2 Å². The Morgan fingerprint density at radius 3 is 1.73 bits per heavy atom. The summed E-state index contributed by atoms with van der Waals surface area (Å²) in [7, 11) is 5.62. The van der Waals surface area contributed by atoms with E-state index >= 15 is 0 Å². The summed E-state index contributed by atoms with van der Waals surface area (Å²) in [6, 6.07) is 13.2. The van der Waals surface area contributed by atoms with Crippen molar-refractivity contribution >= 4 is 11.6 Å². The Labute approximate surface area is 151 Å². The van der Waals surface area contributed by atoms with E-state index in [4.69, 9.17) is 0 Å². The van der Waals surface area contributed by atoms with Crippen molar-refractivity contribution in [2.24, 2.45) is 4.99 Å². The number of nitrogens with zero attached hydrogens (tertiary/aromatic N) is 2. The van der Waals surface area contributed by atoms with Gasteiger partial charge in [-0.25, -0.2) is 0 Å². The molecule has 0 aliphatic heterocycles. The predicted octanol–water partition coefficient (Wildman–Crippen LogP) is 3.64. The summed E-state index contributed by atoms with van der Waals surface area (Å²) < 4.78 is 37.7. The molecule has 0 atom stereocenters. The lowest BCUT2D eigenvalue weighted by atomic mass is 10.1.